The van der Waals surface area contributed by atoms with Gasteiger partial charge in [0.2, 0.25) is 0 Å². The normalized spacial score (nSPS) is 14.9. The molecule has 0 heterocycles. The van der Waals surface area contributed by atoms with Gasteiger partial charge < -0.3 is 11.5 Å². The molecule has 11 heavy (non-hydrogen) atoms. The van der Waals surface area contributed by atoms with E-state index >= 15 is 0 Å². The second-order valence-electron chi connectivity index (χ2n) is 3.05. The highest BCUT2D eigenvalue weighted by Crippen LogP contribution is 2.31. The van der Waals surface area contributed by atoms with Gasteiger partial charge in [-0.2, -0.15) is 0 Å². The van der Waals surface area contributed by atoms with E-state index in [1.54, 1.807) is 0 Å². The summed E-state index contributed by atoms with van der Waals surface area (Å²) in [6, 6.07) is 3.80. The molecule has 2 rings (SSSR count). The topological polar surface area (TPSA) is 52.0 Å². The zero-order valence-corrected chi connectivity index (χ0v) is 6.43. The van der Waals surface area contributed by atoms with Crippen LogP contribution >= 0.6 is 0 Å². The van der Waals surface area contributed by atoms with Crippen molar-refractivity contribution in [1.82, 2.24) is 0 Å². The zero-order chi connectivity index (χ0) is 7.84. The van der Waals surface area contributed by atoms with Crippen LogP contribution in [0.25, 0.3) is 0 Å². The SMILES string of the molecule is Nc1ccc(N)c2c1CCC2. The Hall–Kier alpha value is -1.18. The fourth-order valence-electron chi connectivity index (χ4n) is 1.76. The molecule has 0 amide bonds. The molecule has 1 aromatic carbocycles. The van der Waals surface area contributed by atoms with Crippen molar-refractivity contribution in [1.29, 1.82) is 0 Å². The highest BCUT2D eigenvalue weighted by molar-refractivity contribution is 5.63. The number of anilines is 2. The van der Waals surface area contributed by atoms with Gasteiger partial charge in [0.15, 0.2) is 0 Å². The molecule has 1 aromatic rings. The molecule has 2 heteroatoms. The van der Waals surface area contributed by atoms with Crippen molar-refractivity contribution < 1.29 is 0 Å². The standard InChI is InChI=1S/C9H12N2/c10-8-4-5-9(11)7-3-1-2-6(7)8/h4-5H,1-3,10-11H2. The molecule has 1 aliphatic rings. The first-order valence-electron chi connectivity index (χ1n) is 3.95. The average molecular weight is 148 g/mol. The Labute approximate surface area is 66.2 Å². The first-order valence-corrected chi connectivity index (χ1v) is 3.95. The minimum atomic E-state index is 0.909. The third-order valence-corrected chi connectivity index (χ3v) is 2.36. The quantitative estimate of drug-likeness (QED) is 0.545. The number of fused-ring (bicyclic) bond motifs is 1. The Morgan fingerprint density at radius 1 is 0.909 bits per heavy atom. The van der Waals surface area contributed by atoms with Gasteiger partial charge in [0.25, 0.3) is 0 Å². The molecule has 58 valence electrons. The third kappa shape index (κ3) is 0.862. The predicted octanol–water partition coefficient (Wildman–Crippen LogP) is 1.34. The number of hydrogen-bond donors (Lipinski definition) is 2. The van der Waals surface area contributed by atoms with Crippen molar-refractivity contribution in [2.75, 3.05) is 11.5 Å². The van der Waals surface area contributed by atoms with Gasteiger partial charge in [0.05, 0.1) is 0 Å². The summed E-state index contributed by atoms with van der Waals surface area (Å²) in [7, 11) is 0. The summed E-state index contributed by atoms with van der Waals surface area (Å²) in [6.45, 7) is 0. The lowest BCUT2D eigenvalue weighted by Crippen LogP contribution is -1.97. The van der Waals surface area contributed by atoms with Crippen LogP contribution in [-0.4, -0.2) is 0 Å². The first-order chi connectivity index (χ1) is 5.29. The van der Waals surface area contributed by atoms with E-state index in [-0.39, 0.29) is 0 Å². The highest BCUT2D eigenvalue weighted by Gasteiger charge is 2.15. The summed E-state index contributed by atoms with van der Waals surface area (Å²) in [5.41, 5.74) is 16.0. The fraction of sp³-hybridized carbons (Fsp3) is 0.333. The minimum Gasteiger partial charge on any atom is -0.398 e. The summed E-state index contributed by atoms with van der Waals surface area (Å²) < 4.78 is 0. The first kappa shape index (κ1) is 6.53. The molecule has 0 saturated carbocycles. The molecule has 0 aliphatic heterocycles. The highest BCUT2D eigenvalue weighted by atomic mass is 14.6. The second kappa shape index (κ2) is 2.16. The van der Waals surface area contributed by atoms with E-state index < -0.39 is 0 Å². The van der Waals surface area contributed by atoms with Gasteiger partial charge >= 0.3 is 0 Å². The molecule has 0 bridgehead atoms. The minimum absolute atomic E-state index is 0.909. The van der Waals surface area contributed by atoms with Gasteiger partial charge in [0.1, 0.15) is 0 Å². The molecule has 2 nitrogen and oxygen atoms in total. The molecule has 0 fully saturated rings. The van der Waals surface area contributed by atoms with E-state index in [1.165, 1.54) is 17.5 Å². The van der Waals surface area contributed by atoms with Gasteiger partial charge in [-0.3, -0.25) is 0 Å². The van der Waals surface area contributed by atoms with Crippen molar-refractivity contribution in [3.05, 3.63) is 23.3 Å². The molecule has 0 radical (unpaired) electrons. The summed E-state index contributed by atoms with van der Waals surface area (Å²) in [6.07, 6.45) is 3.41. The lowest BCUT2D eigenvalue weighted by Gasteiger charge is -2.05. The van der Waals surface area contributed by atoms with Crippen LogP contribution in [0.3, 0.4) is 0 Å². The monoisotopic (exact) mass is 148 g/mol. The van der Waals surface area contributed by atoms with E-state index in [1.807, 2.05) is 12.1 Å². The van der Waals surface area contributed by atoms with Crippen LogP contribution in [0.5, 0.6) is 0 Å². The van der Waals surface area contributed by atoms with Gasteiger partial charge in [0, 0.05) is 11.4 Å². The van der Waals surface area contributed by atoms with Crippen LogP contribution in [-0.2, 0) is 12.8 Å². The molecular formula is C9H12N2. The molecule has 0 saturated heterocycles. The van der Waals surface area contributed by atoms with Crippen LogP contribution in [0.2, 0.25) is 0 Å². The summed E-state index contributed by atoms with van der Waals surface area (Å²) in [5, 5.41) is 0. The van der Waals surface area contributed by atoms with Crippen LogP contribution in [0.4, 0.5) is 11.4 Å². The van der Waals surface area contributed by atoms with E-state index in [2.05, 4.69) is 0 Å². The lowest BCUT2D eigenvalue weighted by atomic mass is 10.1. The maximum absolute atomic E-state index is 5.79. The number of benzene rings is 1. The van der Waals surface area contributed by atoms with Crippen LogP contribution in [0.15, 0.2) is 12.1 Å². The maximum Gasteiger partial charge on any atom is 0.0350 e. The maximum atomic E-state index is 5.79. The van der Waals surface area contributed by atoms with E-state index in [9.17, 15) is 0 Å². The van der Waals surface area contributed by atoms with Gasteiger partial charge in [-0.1, -0.05) is 0 Å². The molecule has 1 aliphatic carbocycles. The van der Waals surface area contributed by atoms with E-state index in [4.69, 9.17) is 11.5 Å². The van der Waals surface area contributed by atoms with Crippen molar-refractivity contribution in [3.63, 3.8) is 0 Å². The average Bonchev–Trinajstić information content (AvgIpc) is 2.45. The van der Waals surface area contributed by atoms with Crippen LogP contribution in [0.1, 0.15) is 17.5 Å². The number of rotatable bonds is 0. The number of hydrogen-bond acceptors (Lipinski definition) is 2. The largest absolute Gasteiger partial charge is 0.398 e. The van der Waals surface area contributed by atoms with Gasteiger partial charge in [-0.05, 0) is 42.5 Å². The molecule has 0 atom stereocenters. The Kier molecular flexibility index (Phi) is 1.28. The Morgan fingerprint density at radius 3 is 1.82 bits per heavy atom. The van der Waals surface area contributed by atoms with Crippen molar-refractivity contribution in [2.24, 2.45) is 0 Å². The molecular weight excluding hydrogens is 136 g/mol. The molecule has 4 N–H and O–H groups in total. The fourth-order valence-corrected chi connectivity index (χ4v) is 1.76. The van der Waals surface area contributed by atoms with Crippen LogP contribution < -0.4 is 11.5 Å². The van der Waals surface area contributed by atoms with Crippen molar-refractivity contribution in [2.45, 2.75) is 19.3 Å². The summed E-state index contributed by atoms with van der Waals surface area (Å²) >= 11 is 0. The van der Waals surface area contributed by atoms with E-state index in [0.717, 1.165) is 24.2 Å². The summed E-state index contributed by atoms with van der Waals surface area (Å²) in [4.78, 5) is 0. The van der Waals surface area contributed by atoms with E-state index in [0.29, 0.717) is 0 Å². The van der Waals surface area contributed by atoms with Crippen LogP contribution in [0, 0.1) is 0 Å². The molecule has 0 spiro atoms. The number of nitrogen functional groups attached to an aromatic ring is 2. The smallest absolute Gasteiger partial charge is 0.0350 e. The lowest BCUT2D eigenvalue weighted by molar-refractivity contribution is 0.913. The van der Waals surface area contributed by atoms with Gasteiger partial charge in [-0.15, -0.1) is 0 Å². The third-order valence-electron chi connectivity index (χ3n) is 2.36. The Balaban J connectivity index is 2.64. The second-order valence-corrected chi connectivity index (χ2v) is 3.05. The Morgan fingerprint density at radius 2 is 1.36 bits per heavy atom. The molecule has 0 unspecified atom stereocenters. The Bertz CT molecular complexity index is 263. The van der Waals surface area contributed by atoms with Crippen molar-refractivity contribution in [3.8, 4) is 0 Å². The zero-order valence-electron chi connectivity index (χ0n) is 6.43. The number of nitrogens with two attached hydrogens (primary N) is 2. The summed E-state index contributed by atoms with van der Waals surface area (Å²) in [5.74, 6) is 0. The predicted molar refractivity (Wildman–Crippen MR) is 47.3 cm³/mol. The van der Waals surface area contributed by atoms with Gasteiger partial charge in [-0.25, -0.2) is 0 Å². The van der Waals surface area contributed by atoms with Crippen molar-refractivity contribution >= 4 is 11.4 Å². The molecule has 0 aromatic heterocycles.